The van der Waals surface area contributed by atoms with Gasteiger partial charge in [-0.25, -0.2) is 4.98 Å². The van der Waals surface area contributed by atoms with Crippen LogP contribution in [0.1, 0.15) is 25.1 Å². The van der Waals surface area contributed by atoms with Gasteiger partial charge in [0.15, 0.2) is 0 Å². The summed E-state index contributed by atoms with van der Waals surface area (Å²) in [4.78, 5) is 17.7. The first-order valence-electron chi connectivity index (χ1n) is 6.77. The van der Waals surface area contributed by atoms with Crippen LogP contribution in [-0.2, 0) is 11.3 Å². The lowest BCUT2D eigenvalue weighted by Gasteiger charge is -2.30. The summed E-state index contributed by atoms with van der Waals surface area (Å²) in [6.45, 7) is 5.97. The van der Waals surface area contributed by atoms with Gasteiger partial charge in [-0.2, -0.15) is 0 Å². The summed E-state index contributed by atoms with van der Waals surface area (Å²) >= 11 is 1.58. The van der Waals surface area contributed by atoms with Crippen molar-refractivity contribution in [2.45, 2.75) is 32.9 Å². The fraction of sp³-hybridized carbons (Fsp3) is 0.375. The van der Waals surface area contributed by atoms with Gasteiger partial charge in [-0.15, -0.1) is 11.3 Å². The highest BCUT2D eigenvalue weighted by molar-refractivity contribution is 7.13. The van der Waals surface area contributed by atoms with E-state index in [1.807, 2.05) is 5.38 Å². The number of hydrogen-bond donors (Lipinski definition) is 1. The fourth-order valence-corrected chi connectivity index (χ4v) is 2.63. The third-order valence-corrected chi connectivity index (χ3v) is 4.67. The van der Waals surface area contributed by atoms with Crippen LogP contribution in [0.2, 0.25) is 0 Å². The van der Waals surface area contributed by atoms with Crippen molar-refractivity contribution in [2.75, 3.05) is 7.05 Å². The zero-order chi connectivity index (χ0) is 15.6. The number of aromatic nitrogens is 1. The Balaban J connectivity index is 2.14. The molecule has 0 aliphatic rings. The number of aryl methyl sites for hydroxylation is 1. The van der Waals surface area contributed by atoms with Gasteiger partial charge in [0, 0.05) is 17.5 Å². The van der Waals surface area contributed by atoms with Gasteiger partial charge in [-0.3, -0.25) is 9.69 Å². The molecular weight excluding hydrogens is 284 g/mol. The van der Waals surface area contributed by atoms with E-state index >= 15 is 0 Å². The molecule has 1 aromatic carbocycles. The van der Waals surface area contributed by atoms with Gasteiger partial charge in [0.25, 0.3) is 0 Å². The Labute approximate surface area is 129 Å². The molecule has 112 valence electrons. The molecule has 0 saturated heterocycles. The largest absolute Gasteiger partial charge is 0.480 e. The van der Waals surface area contributed by atoms with Crippen molar-refractivity contribution in [2.24, 2.45) is 0 Å². The third-order valence-electron chi connectivity index (χ3n) is 3.73. The van der Waals surface area contributed by atoms with Gasteiger partial charge >= 0.3 is 5.97 Å². The smallest absolute Gasteiger partial charge is 0.323 e. The second-order valence-electron chi connectivity index (χ2n) is 5.73. The number of carboxylic acids is 1. The van der Waals surface area contributed by atoms with Crippen molar-refractivity contribution in [3.63, 3.8) is 0 Å². The zero-order valence-electron chi connectivity index (χ0n) is 12.8. The minimum absolute atomic E-state index is 0.516. The second-order valence-corrected chi connectivity index (χ2v) is 6.59. The molecule has 0 unspecified atom stereocenters. The maximum atomic E-state index is 11.3. The number of benzene rings is 1. The Morgan fingerprint density at radius 2 is 1.95 bits per heavy atom. The van der Waals surface area contributed by atoms with Crippen LogP contribution in [0.25, 0.3) is 10.6 Å². The Kier molecular flexibility index (Phi) is 4.44. The lowest BCUT2D eigenvalue weighted by Crippen LogP contribution is -2.47. The van der Waals surface area contributed by atoms with Crippen molar-refractivity contribution >= 4 is 17.3 Å². The summed E-state index contributed by atoms with van der Waals surface area (Å²) in [6.07, 6.45) is 0. The summed E-state index contributed by atoms with van der Waals surface area (Å²) in [7, 11) is 1.80. The molecule has 2 rings (SSSR count). The number of aliphatic carboxylic acids is 1. The van der Waals surface area contributed by atoms with Gasteiger partial charge in [0.1, 0.15) is 10.5 Å². The number of likely N-dealkylation sites (N-methyl/N-ethyl adjacent to an activating group) is 1. The van der Waals surface area contributed by atoms with Crippen LogP contribution in [0.15, 0.2) is 29.6 Å². The molecule has 1 heterocycles. The summed E-state index contributed by atoms with van der Waals surface area (Å²) in [5, 5.41) is 12.2. The highest BCUT2D eigenvalue weighted by Crippen LogP contribution is 2.25. The maximum Gasteiger partial charge on any atom is 0.323 e. The number of thiazole rings is 1. The molecule has 21 heavy (non-hydrogen) atoms. The third kappa shape index (κ3) is 3.49. The van der Waals surface area contributed by atoms with E-state index in [9.17, 15) is 9.90 Å². The Hall–Kier alpha value is -1.72. The van der Waals surface area contributed by atoms with Crippen LogP contribution in [0.4, 0.5) is 0 Å². The maximum absolute atomic E-state index is 11.3. The van der Waals surface area contributed by atoms with E-state index in [1.165, 1.54) is 5.56 Å². The van der Waals surface area contributed by atoms with Crippen molar-refractivity contribution < 1.29 is 9.90 Å². The van der Waals surface area contributed by atoms with E-state index in [1.54, 1.807) is 37.1 Å². The molecule has 0 aliphatic carbocycles. The van der Waals surface area contributed by atoms with E-state index in [2.05, 4.69) is 36.2 Å². The highest BCUT2D eigenvalue weighted by atomic mass is 32.1. The molecule has 0 fully saturated rings. The SMILES string of the molecule is Cc1ccc(-c2nc(CN(C)C(C)(C)C(=O)O)cs2)cc1. The molecule has 2 aromatic rings. The standard InChI is InChI=1S/C16H20N2O2S/c1-11-5-7-12(8-6-11)14-17-13(10-21-14)9-18(4)16(2,3)15(19)20/h5-8,10H,9H2,1-4H3,(H,19,20). The zero-order valence-corrected chi connectivity index (χ0v) is 13.6. The summed E-state index contributed by atoms with van der Waals surface area (Å²) in [6, 6.07) is 8.25. The number of hydrogen-bond acceptors (Lipinski definition) is 4. The molecule has 0 atom stereocenters. The lowest BCUT2D eigenvalue weighted by atomic mass is 10.0. The van der Waals surface area contributed by atoms with Gasteiger partial charge in [-0.1, -0.05) is 29.8 Å². The van der Waals surface area contributed by atoms with Crippen molar-refractivity contribution in [1.29, 1.82) is 0 Å². The van der Waals surface area contributed by atoms with Gasteiger partial charge < -0.3 is 5.11 Å². The van der Waals surface area contributed by atoms with E-state index in [4.69, 9.17) is 0 Å². The normalized spacial score (nSPS) is 11.9. The molecule has 0 amide bonds. The van der Waals surface area contributed by atoms with Crippen LogP contribution in [0.3, 0.4) is 0 Å². The van der Waals surface area contributed by atoms with E-state index in [-0.39, 0.29) is 0 Å². The molecule has 4 nitrogen and oxygen atoms in total. The van der Waals surface area contributed by atoms with E-state index < -0.39 is 11.5 Å². The monoisotopic (exact) mass is 304 g/mol. The van der Waals surface area contributed by atoms with Crippen molar-refractivity contribution in [3.05, 3.63) is 40.9 Å². The van der Waals surface area contributed by atoms with Gasteiger partial charge in [0.2, 0.25) is 0 Å². The number of carbonyl (C=O) groups is 1. The first kappa shape index (κ1) is 15.7. The summed E-state index contributed by atoms with van der Waals surface area (Å²) in [5.41, 5.74) is 2.30. The molecule has 0 spiro atoms. The topological polar surface area (TPSA) is 53.4 Å². The van der Waals surface area contributed by atoms with Crippen LogP contribution < -0.4 is 0 Å². The quantitative estimate of drug-likeness (QED) is 0.919. The fourth-order valence-electron chi connectivity index (χ4n) is 1.81. The van der Waals surface area contributed by atoms with Crippen LogP contribution in [0.5, 0.6) is 0 Å². The van der Waals surface area contributed by atoms with E-state index in [0.717, 1.165) is 16.3 Å². The van der Waals surface area contributed by atoms with Crippen LogP contribution in [0, 0.1) is 6.92 Å². The average molecular weight is 304 g/mol. The Morgan fingerprint density at radius 1 is 1.33 bits per heavy atom. The summed E-state index contributed by atoms with van der Waals surface area (Å²) < 4.78 is 0. The van der Waals surface area contributed by atoms with Crippen LogP contribution >= 0.6 is 11.3 Å². The van der Waals surface area contributed by atoms with Gasteiger partial charge in [-0.05, 0) is 27.8 Å². The second kappa shape index (κ2) is 5.95. The van der Waals surface area contributed by atoms with E-state index in [0.29, 0.717) is 6.54 Å². The molecule has 5 heteroatoms. The minimum Gasteiger partial charge on any atom is -0.480 e. The summed E-state index contributed by atoms with van der Waals surface area (Å²) in [5.74, 6) is -0.834. The first-order valence-corrected chi connectivity index (χ1v) is 7.65. The predicted octanol–water partition coefficient (Wildman–Crippen LogP) is 3.41. The lowest BCUT2D eigenvalue weighted by molar-refractivity contribution is -0.148. The first-order chi connectivity index (χ1) is 9.80. The minimum atomic E-state index is -0.909. The Morgan fingerprint density at radius 3 is 2.52 bits per heavy atom. The van der Waals surface area contributed by atoms with Gasteiger partial charge in [0.05, 0.1) is 5.69 Å². The van der Waals surface area contributed by atoms with Crippen molar-refractivity contribution in [1.82, 2.24) is 9.88 Å². The molecule has 1 N–H and O–H groups in total. The Bertz CT molecular complexity index is 632. The predicted molar refractivity (Wildman–Crippen MR) is 85.5 cm³/mol. The number of rotatable bonds is 5. The molecule has 1 aromatic heterocycles. The molecule has 0 saturated carbocycles. The molecule has 0 bridgehead atoms. The number of nitrogens with zero attached hydrogens (tertiary/aromatic N) is 2. The number of carboxylic acid groups (broad SMARTS) is 1. The molecule has 0 aliphatic heterocycles. The molecule has 0 radical (unpaired) electrons. The van der Waals surface area contributed by atoms with Crippen LogP contribution in [-0.4, -0.2) is 33.5 Å². The molecular formula is C16H20N2O2S. The van der Waals surface area contributed by atoms with Crippen molar-refractivity contribution in [3.8, 4) is 10.6 Å². The highest BCUT2D eigenvalue weighted by Gasteiger charge is 2.32. The average Bonchev–Trinajstić information content (AvgIpc) is 2.87.